The number of carbonyl (C=O) groups is 1. The van der Waals surface area contributed by atoms with Crippen molar-refractivity contribution >= 4 is 17.5 Å². The fourth-order valence-corrected chi connectivity index (χ4v) is 2.36. The van der Waals surface area contributed by atoms with Crippen LogP contribution in [0.4, 0.5) is 0 Å². The van der Waals surface area contributed by atoms with Crippen molar-refractivity contribution in [2.75, 3.05) is 6.54 Å². The van der Waals surface area contributed by atoms with Crippen molar-refractivity contribution in [1.82, 2.24) is 5.32 Å². The number of halogens is 1. The third-order valence-electron chi connectivity index (χ3n) is 3.32. The zero-order valence-electron chi connectivity index (χ0n) is 12.2. The number of rotatable bonds is 6. The lowest BCUT2D eigenvalue weighted by Gasteiger charge is -2.06. The highest BCUT2D eigenvalue weighted by molar-refractivity contribution is 6.30. The molecule has 21 heavy (non-hydrogen) atoms. The molecule has 2 nitrogen and oxygen atoms in total. The summed E-state index contributed by atoms with van der Waals surface area (Å²) in [6, 6.07) is 15.9. The van der Waals surface area contributed by atoms with Crippen molar-refractivity contribution < 1.29 is 4.79 Å². The van der Waals surface area contributed by atoms with Gasteiger partial charge in [0.15, 0.2) is 0 Å². The monoisotopic (exact) mass is 301 g/mol. The van der Waals surface area contributed by atoms with E-state index in [0.717, 1.165) is 18.4 Å². The summed E-state index contributed by atoms with van der Waals surface area (Å²) in [5.41, 5.74) is 3.58. The van der Waals surface area contributed by atoms with E-state index in [1.165, 1.54) is 11.1 Å². The smallest absolute Gasteiger partial charge is 0.224 e. The van der Waals surface area contributed by atoms with E-state index in [2.05, 4.69) is 36.5 Å². The van der Waals surface area contributed by atoms with Crippen molar-refractivity contribution in [2.45, 2.75) is 26.2 Å². The van der Waals surface area contributed by atoms with Crippen LogP contribution < -0.4 is 5.32 Å². The van der Waals surface area contributed by atoms with Gasteiger partial charge in [0.2, 0.25) is 5.91 Å². The number of hydrogen-bond donors (Lipinski definition) is 1. The summed E-state index contributed by atoms with van der Waals surface area (Å²) >= 11 is 5.82. The third kappa shape index (κ3) is 5.60. The van der Waals surface area contributed by atoms with Crippen LogP contribution in [0.2, 0.25) is 5.02 Å². The van der Waals surface area contributed by atoms with Gasteiger partial charge in [-0.25, -0.2) is 0 Å². The minimum Gasteiger partial charge on any atom is -0.356 e. The minimum absolute atomic E-state index is 0.0570. The maximum Gasteiger partial charge on any atom is 0.224 e. The van der Waals surface area contributed by atoms with E-state index in [1.807, 2.05) is 24.3 Å². The molecule has 0 aliphatic rings. The van der Waals surface area contributed by atoms with Crippen LogP contribution in [0.15, 0.2) is 48.5 Å². The number of nitrogens with one attached hydrogen (secondary N) is 1. The van der Waals surface area contributed by atoms with Crippen LogP contribution in [0.3, 0.4) is 0 Å². The second-order valence-electron chi connectivity index (χ2n) is 5.25. The molecule has 0 aliphatic carbocycles. The molecule has 2 rings (SSSR count). The van der Waals surface area contributed by atoms with Gasteiger partial charge in [-0.15, -0.1) is 0 Å². The second-order valence-corrected chi connectivity index (χ2v) is 5.68. The quantitative estimate of drug-likeness (QED) is 0.805. The van der Waals surface area contributed by atoms with Crippen LogP contribution in [0, 0.1) is 6.92 Å². The van der Waals surface area contributed by atoms with E-state index in [9.17, 15) is 4.79 Å². The van der Waals surface area contributed by atoms with Crippen LogP contribution in [0.5, 0.6) is 0 Å². The summed E-state index contributed by atoms with van der Waals surface area (Å²) in [6.45, 7) is 2.80. The zero-order valence-corrected chi connectivity index (χ0v) is 13.0. The highest BCUT2D eigenvalue weighted by Gasteiger charge is 2.03. The molecule has 0 bridgehead atoms. The molecule has 0 fully saturated rings. The predicted octanol–water partition coefficient (Wildman–Crippen LogP) is 3.94. The normalized spacial score (nSPS) is 10.4. The first kappa shape index (κ1) is 15.6. The molecule has 0 radical (unpaired) electrons. The number of carbonyl (C=O) groups excluding carboxylic acids is 1. The lowest BCUT2D eigenvalue weighted by atomic mass is 10.1. The van der Waals surface area contributed by atoms with Gasteiger partial charge < -0.3 is 5.32 Å². The molecule has 0 saturated carbocycles. The van der Waals surface area contributed by atoms with Gasteiger partial charge in [0.05, 0.1) is 6.42 Å². The van der Waals surface area contributed by atoms with Crippen LogP contribution in [0.25, 0.3) is 0 Å². The SMILES string of the molecule is Cc1cccc(CCCNC(=O)Cc2ccc(Cl)cc2)c1. The van der Waals surface area contributed by atoms with Gasteiger partial charge in [0.25, 0.3) is 0 Å². The van der Waals surface area contributed by atoms with Gasteiger partial charge in [-0.05, 0) is 43.0 Å². The molecular weight excluding hydrogens is 282 g/mol. The van der Waals surface area contributed by atoms with Gasteiger partial charge in [-0.2, -0.15) is 0 Å². The molecule has 2 aromatic carbocycles. The summed E-state index contributed by atoms with van der Waals surface area (Å²) in [5.74, 6) is 0.0570. The maximum atomic E-state index is 11.8. The largest absolute Gasteiger partial charge is 0.356 e. The number of amides is 1. The first-order valence-electron chi connectivity index (χ1n) is 7.20. The zero-order chi connectivity index (χ0) is 15.1. The molecule has 1 amide bonds. The van der Waals surface area contributed by atoms with Crippen LogP contribution >= 0.6 is 11.6 Å². The van der Waals surface area contributed by atoms with Gasteiger partial charge in [0.1, 0.15) is 0 Å². The number of aryl methyl sites for hydroxylation is 2. The summed E-state index contributed by atoms with van der Waals surface area (Å²) < 4.78 is 0. The Hall–Kier alpha value is -1.80. The Morgan fingerprint density at radius 3 is 2.57 bits per heavy atom. The first-order valence-corrected chi connectivity index (χ1v) is 7.58. The average molecular weight is 302 g/mol. The summed E-state index contributed by atoms with van der Waals surface area (Å²) in [6.07, 6.45) is 2.35. The summed E-state index contributed by atoms with van der Waals surface area (Å²) in [7, 11) is 0. The Morgan fingerprint density at radius 2 is 1.86 bits per heavy atom. The molecule has 3 heteroatoms. The molecular formula is C18H20ClNO. The summed E-state index contributed by atoms with van der Waals surface area (Å²) in [5, 5.41) is 3.65. The Labute approximate surface area is 131 Å². The maximum absolute atomic E-state index is 11.8. The molecule has 110 valence electrons. The van der Waals surface area contributed by atoms with Crippen molar-refractivity contribution in [3.63, 3.8) is 0 Å². The highest BCUT2D eigenvalue weighted by Crippen LogP contribution is 2.10. The van der Waals surface area contributed by atoms with E-state index in [4.69, 9.17) is 11.6 Å². The lowest BCUT2D eigenvalue weighted by molar-refractivity contribution is -0.120. The van der Waals surface area contributed by atoms with Crippen molar-refractivity contribution in [3.05, 3.63) is 70.2 Å². The minimum atomic E-state index is 0.0570. The van der Waals surface area contributed by atoms with Crippen molar-refractivity contribution in [2.24, 2.45) is 0 Å². The molecule has 1 N–H and O–H groups in total. The molecule has 0 unspecified atom stereocenters. The Bertz CT molecular complexity index is 592. The number of hydrogen-bond acceptors (Lipinski definition) is 1. The van der Waals surface area contributed by atoms with Crippen LogP contribution in [0.1, 0.15) is 23.1 Å². The molecule has 0 heterocycles. The summed E-state index contributed by atoms with van der Waals surface area (Å²) in [4.78, 5) is 11.8. The fraction of sp³-hybridized carbons (Fsp3) is 0.278. The standard InChI is InChI=1S/C18H20ClNO/c1-14-4-2-5-15(12-14)6-3-11-20-18(21)13-16-7-9-17(19)10-8-16/h2,4-5,7-10,12H,3,6,11,13H2,1H3,(H,20,21). The highest BCUT2D eigenvalue weighted by atomic mass is 35.5. The van der Waals surface area contributed by atoms with Crippen LogP contribution in [-0.4, -0.2) is 12.5 Å². The van der Waals surface area contributed by atoms with Crippen LogP contribution in [-0.2, 0) is 17.6 Å². The molecule has 0 spiro atoms. The van der Waals surface area contributed by atoms with E-state index < -0.39 is 0 Å². The van der Waals surface area contributed by atoms with E-state index >= 15 is 0 Å². The van der Waals surface area contributed by atoms with E-state index in [0.29, 0.717) is 18.0 Å². The van der Waals surface area contributed by atoms with Gasteiger partial charge in [0, 0.05) is 11.6 Å². The van der Waals surface area contributed by atoms with Crippen molar-refractivity contribution in [1.29, 1.82) is 0 Å². The molecule has 0 aliphatic heterocycles. The van der Waals surface area contributed by atoms with E-state index in [1.54, 1.807) is 0 Å². The van der Waals surface area contributed by atoms with Gasteiger partial charge >= 0.3 is 0 Å². The molecule has 0 atom stereocenters. The molecule has 2 aromatic rings. The Morgan fingerprint density at radius 1 is 1.10 bits per heavy atom. The molecule has 0 saturated heterocycles. The fourth-order valence-electron chi connectivity index (χ4n) is 2.24. The Kier molecular flexibility index (Phi) is 5.82. The van der Waals surface area contributed by atoms with E-state index in [-0.39, 0.29) is 5.91 Å². The second kappa shape index (κ2) is 7.84. The Balaban J connectivity index is 1.68. The topological polar surface area (TPSA) is 29.1 Å². The van der Waals surface area contributed by atoms with Crippen molar-refractivity contribution in [3.8, 4) is 0 Å². The lowest BCUT2D eigenvalue weighted by Crippen LogP contribution is -2.26. The third-order valence-corrected chi connectivity index (χ3v) is 3.58. The van der Waals surface area contributed by atoms with Gasteiger partial charge in [-0.3, -0.25) is 4.79 Å². The van der Waals surface area contributed by atoms with Gasteiger partial charge in [-0.1, -0.05) is 53.6 Å². The first-order chi connectivity index (χ1) is 10.1. The number of benzene rings is 2. The predicted molar refractivity (Wildman–Crippen MR) is 87.7 cm³/mol. The average Bonchev–Trinajstić information content (AvgIpc) is 2.46. The molecule has 0 aromatic heterocycles.